The molecule has 0 aliphatic heterocycles. The quantitative estimate of drug-likeness (QED) is 0.726. The van der Waals surface area contributed by atoms with Gasteiger partial charge in [-0.05, 0) is 43.2 Å². The van der Waals surface area contributed by atoms with Crippen LogP contribution in [0.1, 0.15) is 18.9 Å². The first kappa shape index (κ1) is 12.3. The minimum atomic E-state index is -0.410. The molecule has 21 heavy (non-hydrogen) atoms. The number of fused-ring (bicyclic) bond motifs is 1. The maximum absolute atomic E-state index is 14.2. The Hall–Kier alpha value is -2.43. The van der Waals surface area contributed by atoms with Gasteiger partial charge in [0.2, 0.25) is 0 Å². The third-order valence-corrected chi connectivity index (χ3v) is 3.80. The lowest BCUT2D eigenvalue weighted by molar-refractivity contribution is 0.627. The molecule has 0 bridgehead atoms. The van der Waals surface area contributed by atoms with Crippen molar-refractivity contribution in [3.05, 3.63) is 48.0 Å². The van der Waals surface area contributed by atoms with Crippen LogP contribution in [0, 0.1) is 11.6 Å². The number of rotatable bonds is 2. The first-order valence-electron chi connectivity index (χ1n) is 6.86. The van der Waals surface area contributed by atoms with E-state index in [9.17, 15) is 8.78 Å². The van der Waals surface area contributed by atoms with Crippen LogP contribution < -0.4 is 5.73 Å². The second-order valence-electron chi connectivity index (χ2n) is 5.41. The molecule has 0 spiro atoms. The summed E-state index contributed by atoms with van der Waals surface area (Å²) >= 11 is 0. The van der Waals surface area contributed by atoms with Crippen molar-refractivity contribution in [2.45, 2.75) is 18.9 Å². The molecule has 1 saturated carbocycles. The molecule has 106 valence electrons. The van der Waals surface area contributed by atoms with Gasteiger partial charge in [-0.15, -0.1) is 0 Å². The molecular formula is C16H13F2N3. The van der Waals surface area contributed by atoms with Crippen molar-refractivity contribution in [2.75, 3.05) is 5.73 Å². The van der Waals surface area contributed by atoms with Crippen molar-refractivity contribution < 1.29 is 8.78 Å². The Balaban J connectivity index is 2.01. The number of nitrogens with two attached hydrogens (primary N) is 1. The second-order valence-corrected chi connectivity index (χ2v) is 5.41. The zero-order valence-corrected chi connectivity index (χ0v) is 11.2. The fourth-order valence-electron chi connectivity index (χ4n) is 2.68. The topological polar surface area (TPSA) is 43.8 Å². The van der Waals surface area contributed by atoms with Gasteiger partial charge in [0.25, 0.3) is 0 Å². The minimum Gasteiger partial charge on any atom is -0.399 e. The van der Waals surface area contributed by atoms with Crippen molar-refractivity contribution in [1.29, 1.82) is 0 Å². The van der Waals surface area contributed by atoms with Crippen molar-refractivity contribution in [2.24, 2.45) is 0 Å². The maximum atomic E-state index is 14.2. The Morgan fingerprint density at radius 2 is 1.90 bits per heavy atom. The van der Waals surface area contributed by atoms with Crippen molar-refractivity contribution in [3.8, 4) is 11.4 Å². The van der Waals surface area contributed by atoms with Crippen LogP contribution in [0.5, 0.6) is 0 Å². The largest absolute Gasteiger partial charge is 0.399 e. The highest BCUT2D eigenvalue weighted by Crippen LogP contribution is 2.41. The molecule has 1 heterocycles. The summed E-state index contributed by atoms with van der Waals surface area (Å²) in [5.74, 6) is -0.212. The van der Waals surface area contributed by atoms with Gasteiger partial charge in [-0.1, -0.05) is 0 Å². The predicted molar refractivity (Wildman–Crippen MR) is 77.8 cm³/mol. The van der Waals surface area contributed by atoms with E-state index in [4.69, 9.17) is 5.73 Å². The van der Waals surface area contributed by atoms with E-state index in [1.54, 1.807) is 18.2 Å². The number of nitrogens with zero attached hydrogens (tertiary/aromatic N) is 2. The summed E-state index contributed by atoms with van der Waals surface area (Å²) in [6, 6.07) is 9.36. The molecule has 4 rings (SSSR count). The smallest absolute Gasteiger partial charge is 0.144 e. The number of halogens is 2. The Kier molecular flexibility index (Phi) is 2.51. The Morgan fingerprint density at radius 1 is 1.10 bits per heavy atom. The Morgan fingerprint density at radius 3 is 2.62 bits per heavy atom. The second kappa shape index (κ2) is 4.28. The van der Waals surface area contributed by atoms with E-state index >= 15 is 0 Å². The first-order valence-corrected chi connectivity index (χ1v) is 6.86. The zero-order valence-electron chi connectivity index (χ0n) is 11.2. The van der Waals surface area contributed by atoms with E-state index in [1.807, 2.05) is 4.57 Å². The van der Waals surface area contributed by atoms with Gasteiger partial charge in [0, 0.05) is 17.8 Å². The summed E-state index contributed by atoms with van der Waals surface area (Å²) < 4.78 is 29.6. The number of nitrogen functional groups attached to an aromatic ring is 1. The molecule has 1 aromatic heterocycles. The van der Waals surface area contributed by atoms with Gasteiger partial charge in [0.05, 0.1) is 16.6 Å². The third kappa shape index (κ3) is 1.96. The van der Waals surface area contributed by atoms with Gasteiger partial charge >= 0.3 is 0 Å². The maximum Gasteiger partial charge on any atom is 0.144 e. The van der Waals surface area contributed by atoms with Crippen molar-refractivity contribution in [1.82, 2.24) is 9.55 Å². The fourth-order valence-corrected chi connectivity index (χ4v) is 2.68. The number of imidazole rings is 1. The molecule has 0 unspecified atom stereocenters. The van der Waals surface area contributed by atoms with E-state index in [1.165, 1.54) is 18.2 Å². The molecule has 1 aliphatic rings. The van der Waals surface area contributed by atoms with Crippen LogP contribution in [0.3, 0.4) is 0 Å². The molecule has 0 radical (unpaired) electrons. The lowest BCUT2D eigenvalue weighted by Gasteiger charge is -2.09. The zero-order chi connectivity index (χ0) is 14.6. The molecule has 1 fully saturated rings. The number of hydrogen-bond acceptors (Lipinski definition) is 2. The molecule has 3 aromatic rings. The standard InChI is InChI=1S/C16H13F2N3/c17-9-1-6-15-14(7-9)20-16(21(15)11-3-4-11)12-5-2-10(19)8-13(12)18/h1-2,5-8,11H,3-4,19H2. The molecule has 2 N–H and O–H groups in total. The third-order valence-electron chi connectivity index (χ3n) is 3.80. The fraction of sp³-hybridized carbons (Fsp3) is 0.188. The molecule has 1 aliphatic carbocycles. The van der Waals surface area contributed by atoms with Gasteiger partial charge in [0.1, 0.15) is 17.5 Å². The summed E-state index contributed by atoms with van der Waals surface area (Å²) in [5, 5.41) is 0. The van der Waals surface area contributed by atoms with E-state index < -0.39 is 5.82 Å². The molecule has 2 aromatic carbocycles. The Bertz CT molecular complexity index is 850. The van der Waals surface area contributed by atoms with Gasteiger partial charge in [-0.3, -0.25) is 0 Å². The highest BCUT2D eigenvalue weighted by Gasteiger charge is 2.29. The minimum absolute atomic E-state index is 0.312. The number of hydrogen-bond donors (Lipinski definition) is 1. The average molecular weight is 285 g/mol. The SMILES string of the molecule is Nc1ccc(-c2nc3cc(F)ccc3n2C2CC2)c(F)c1. The van der Waals surface area contributed by atoms with Crippen LogP contribution in [0.4, 0.5) is 14.5 Å². The number of aromatic nitrogens is 2. The van der Waals surface area contributed by atoms with Crippen LogP contribution in [-0.4, -0.2) is 9.55 Å². The van der Waals surface area contributed by atoms with Crippen LogP contribution in [-0.2, 0) is 0 Å². The summed E-state index contributed by atoms with van der Waals surface area (Å²) in [6.45, 7) is 0. The predicted octanol–water partition coefficient (Wildman–Crippen LogP) is 3.90. The van der Waals surface area contributed by atoms with Crippen LogP contribution in [0.2, 0.25) is 0 Å². The van der Waals surface area contributed by atoms with Crippen LogP contribution in [0.15, 0.2) is 36.4 Å². The van der Waals surface area contributed by atoms with Gasteiger partial charge < -0.3 is 10.3 Å². The molecule has 0 amide bonds. The first-order chi connectivity index (χ1) is 10.1. The van der Waals surface area contributed by atoms with E-state index in [0.29, 0.717) is 28.6 Å². The van der Waals surface area contributed by atoms with E-state index in [2.05, 4.69) is 4.98 Å². The van der Waals surface area contributed by atoms with Crippen molar-refractivity contribution >= 4 is 16.7 Å². The van der Waals surface area contributed by atoms with Gasteiger partial charge in [-0.25, -0.2) is 13.8 Å². The summed E-state index contributed by atoms with van der Waals surface area (Å²) in [5.41, 5.74) is 7.75. The lowest BCUT2D eigenvalue weighted by Crippen LogP contribution is -1.99. The molecule has 3 nitrogen and oxygen atoms in total. The number of benzene rings is 2. The van der Waals surface area contributed by atoms with Gasteiger partial charge in [-0.2, -0.15) is 0 Å². The summed E-state index contributed by atoms with van der Waals surface area (Å²) in [6.07, 6.45) is 2.07. The molecule has 0 atom stereocenters. The summed E-state index contributed by atoms with van der Waals surface area (Å²) in [4.78, 5) is 4.44. The van der Waals surface area contributed by atoms with Gasteiger partial charge in [0.15, 0.2) is 0 Å². The van der Waals surface area contributed by atoms with Crippen LogP contribution >= 0.6 is 0 Å². The number of anilines is 1. The molecule has 0 saturated heterocycles. The Labute approximate surface area is 120 Å². The average Bonchev–Trinajstić information content (AvgIpc) is 3.20. The highest BCUT2D eigenvalue weighted by atomic mass is 19.1. The highest BCUT2D eigenvalue weighted by molar-refractivity contribution is 5.81. The van der Waals surface area contributed by atoms with E-state index in [-0.39, 0.29) is 5.82 Å². The van der Waals surface area contributed by atoms with Crippen molar-refractivity contribution in [3.63, 3.8) is 0 Å². The normalized spacial score (nSPS) is 14.8. The summed E-state index contributed by atoms with van der Waals surface area (Å²) in [7, 11) is 0. The monoisotopic (exact) mass is 285 g/mol. The van der Waals surface area contributed by atoms with Crippen LogP contribution in [0.25, 0.3) is 22.4 Å². The lowest BCUT2D eigenvalue weighted by atomic mass is 10.2. The molecule has 5 heteroatoms. The van der Waals surface area contributed by atoms with E-state index in [0.717, 1.165) is 18.4 Å². The molecular weight excluding hydrogens is 272 g/mol.